The van der Waals surface area contributed by atoms with E-state index in [0.29, 0.717) is 19.0 Å². The molecule has 7 nitrogen and oxygen atoms in total. The van der Waals surface area contributed by atoms with Gasteiger partial charge in [0, 0.05) is 13.1 Å². The number of hydrogen-bond acceptors (Lipinski definition) is 6. The Bertz CT molecular complexity index is 770. The number of rotatable bonds is 5. The number of sulfonamides is 1. The maximum Gasteiger partial charge on any atom is 0.263 e. The van der Waals surface area contributed by atoms with Gasteiger partial charge in [-0.2, -0.15) is 0 Å². The Morgan fingerprint density at radius 3 is 2.38 bits per heavy atom. The van der Waals surface area contributed by atoms with Crippen molar-refractivity contribution < 1.29 is 13.2 Å². The van der Waals surface area contributed by atoms with E-state index in [1.807, 2.05) is 19.1 Å². The highest BCUT2D eigenvalue weighted by Gasteiger charge is 2.16. The van der Waals surface area contributed by atoms with E-state index in [9.17, 15) is 8.42 Å². The fourth-order valence-electron chi connectivity index (χ4n) is 2.44. The van der Waals surface area contributed by atoms with E-state index in [1.54, 1.807) is 24.3 Å². The smallest absolute Gasteiger partial charge is 0.263 e. The second-order valence-corrected chi connectivity index (χ2v) is 7.16. The van der Waals surface area contributed by atoms with Gasteiger partial charge >= 0.3 is 0 Å². The van der Waals surface area contributed by atoms with E-state index < -0.39 is 10.0 Å². The van der Waals surface area contributed by atoms with Gasteiger partial charge in [0.15, 0.2) is 11.6 Å². The van der Waals surface area contributed by atoms with Crippen molar-refractivity contribution in [1.82, 2.24) is 10.2 Å². The molecule has 24 heavy (non-hydrogen) atoms. The zero-order valence-electron chi connectivity index (χ0n) is 13.5. The van der Waals surface area contributed by atoms with Crippen LogP contribution in [0.1, 0.15) is 12.5 Å². The minimum Gasteiger partial charge on any atom is -0.378 e. The Labute approximate surface area is 141 Å². The summed E-state index contributed by atoms with van der Waals surface area (Å²) >= 11 is 0. The summed E-state index contributed by atoms with van der Waals surface area (Å²) in [6.45, 7) is 4.84. The van der Waals surface area contributed by atoms with Crippen LogP contribution in [-0.2, 0) is 21.2 Å². The predicted octanol–water partition coefficient (Wildman–Crippen LogP) is 1.68. The van der Waals surface area contributed by atoms with E-state index in [1.165, 1.54) is 0 Å². The molecule has 1 aliphatic rings. The molecule has 0 unspecified atom stereocenters. The molecule has 8 heteroatoms. The van der Waals surface area contributed by atoms with Gasteiger partial charge in [-0.3, -0.25) is 4.72 Å². The summed E-state index contributed by atoms with van der Waals surface area (Å²) in [5.74, 6) is 0.917. The van der Waals surface area contributed by atoms with Crippen LogP contribution in [0.15, 0.2) is 41.3 Å². The molecule has 2 heterocycles. The molecular formula is C16H20N4O3S. The van der Waals surface area contributed by atoms with E-state index in [4.69, 9.17) is 4.74 Å². The third-order valence-corrected chi connectivity index (χ3v) is 5.24. The van der Waals surface area contributed by atoms with Crippen molar-refractivity contribution in [3.8, 4) is 0 Å². The van der Waals surface area contributed by atoms with Crippen molar-refractivity contribution >= 4 is 21.7 Å². The van der Waals surface area contributed by atoms with Crippen LogP contribution in [-0.4, -0.2) is 44.9 Å². The molecule has 0 bridgehead atoms. The second kappa shape index (κ2) is 7.14. The molecule has 128 valence electrons. The van der Waals surface area contributed by atoms with Crippen molar-refractivity contribution in [2.24, 2.45) is 0 Å². The molecule has 1 N–H and O–H groups in total. The molecule has 0 amide bonds. The summed E-state index contributed by atoms with van der Waals surface area (Å²) < 4.78 is 32.5. The first-order valence-corrected chi connectivity index (χ1v) is 9.35. The van der Waals surface area contributed by atoms with E-state index in [2.05, 4.69) is 19.8 Å². The molecular weight excluding hydrogens is 328 g/mol. The second-order valence-electron chi connectivity index (χ2n) is 5.48. The van der Waals surface area contributed by atoms with Crippen LogP contribution < -0.4 is 9.62 Å². The lowest BCUT2D eigenvalue weighted by molar-refractivity contribution is 0.122. The lowest BCUT2D eigenvalue weighted by Gasteiger charge is -2.27. The number of ether oxygens (including phenoxy) is 1. The summed E-state index contributed by atoms with van der Waals surface area (Å²) in [7, 11) is -3.66. The maximum absolute atomic E-state index is 12.4. The number of aromatic nitrogens is 2. The van der Waals surface area contributed by atoms with Crippen molar-refractivity contribution in [2.75, 3.05) is 35.9 Å². The van der Waals surface area contributed by atoms with Crippen molar-refractivity contribution in [3.63, 3.8) is 0 Å². The molecule has 1 aliphatic heterocycles. The largest absolute Gasteiger partial charge is 0.378 e. The summed E-state index contributed by atoms with van der Waals surface area (Å²) in [5.41, 5.74) is 1.09. The number of benzene rings is 1. The Morgan fingerprint density at radius 2 is 1.79 bits per heavy atom. The first-order chi connectivity index (χ1) is 11.6. The maximum atomic E-state index is 12.4. The summed E-state index contributed by atoms with van der Waals surface area (Å²) in [6, 6.07) is 10.2. The molecule has 0 spiro atoms. The Kier molecular flexibility index (Phi) is 4.96. The molecule has 1 saturated heterocycles. The molecule has 1 fully saturated rings. The predicted molar refractivity (Wildman–Crippen MR) is 91.7 cm³/mol. The fraction of sp³-hybridized carbons (Fsp3) is 0.375. The van der Waals surface area contributed by atoms with Gasteiger partial charge < -0.3 is 9.64 Å². The Morgan fingerprint density at radius 1 is 1.08 bits per heavy atom. The van der Waals surface area contributed by atoms with Gasteiger partial charge in [0.2, 0.25) is 0 Å². The molecule has 1 aromatic heterocycles. The minimum atomic E-state index is -3.66. The lowest BCUT2D eigenvalue weighted by Crippen LogP contribution is -2.36. The van der Waals surface area contributed by atoms with Gasteiger partial charge in [-0.15, -0.1) is 10.2 Å². The quantitative estimate of drug-likeness (QED) is 0.885. The highest BCUT2D eigenvalue weighted by atomic mass is 32.2. The van der Waals surface area contributed by atoms with Crippen LogP contribution in [0.5, 0.6) is 0 Å². The molecule has 0 atom stereocenters. The van der Waals surface area contributed by atoms with Gasteiger partial charge in [0.25, 0.3) is 10.0 Å². The van der Waals surface area contributed by atoms with E-state index in [-0.39, 0.29) is 10.7 Å². The van der Waals surface area contributed by atoms with Crippen molar-refractivity contribution in [1.29, 1.82) is 0 Å². The number of morpholine rings is 1. The Balaban J connectivity index is 1.72. The molecule has 0 saturated carbocycles. The third-order valence-electron chi connectivity index (χ3n) is 3.87. The molecule has 0 radical (unpaired) electrons. The first-order valence-electron chi connectivity index (χ1n) is 7.86. The Hall–Kier alpha value is -2.19. The van der Waals surface area contributed by atoms with Crippen LogP contribution in [0, 0.1) is 0 Å². The number of anilines is 2. The average Bonchev–Trinajstić information content (AvgIpc) is 2.63. The number of aryl methyl sites for hydroxylation is 1. The third kappa shape index (κ3) is 3.82. The van der Waals surface area contributed by atoms with Crippen molar-refractivity contribution in [2.45, 2.75) is 18.2 Å². The molecule has 0 aliphatic carbocycles. The summed E-state index contributed by atoms with van der Waals surface area (Å²) in [6.07, 6.45) is 0.863. The van der Waals surface area contributed by atoms with Gasteiger partial charge in [-0.1, -0.05) is 19.1 Å². The van der Waals surface area contributed by atoms with Crippen LogP contribution in [0.2, 0.25) is 0 Å². The van der Waals surface area contributed by atoms with Gasteiger partial charge in [0.05, 0.1) is 18.1 Å². The normalized spacial score (nSPS) is 15.3. The number of hydrogen-bond donors (Lipinski definition) is 1. The topological polar surface area (TPSA) is 84.4 Å². The number of nitrogens with one attached hydrogen (secondary N) is 1. The lowest BCUT2D eigenvalue weighted by atomic mass is 10.2. The first kappa shape index (κ1) is 16.7. The highest BCUT2D eigenvalue weighted by molar-refractivity contribution is 7.92. The summed E-state index contributed by atoms with van der Waals surface area (Å²) in [4.78, 5) is 2.26. The number of nitrogens with zero attached hydrogens (tertiary/aromatic N) is 3. The average molecular weight is 348 g/mol. The molecule has 2 aromatic rings. The molecule has 1 aromatic carbocycles. The van der Waals surface area contributed by atoms with Crippen LogP contribution in [0.3, 0.4) is 0 Å². The highest BCUT2D eigenvalue weighted by Crippen LogP contribution is 2.17. The van der Waals surface area contributed by atoms with Gasteiger partial charge in [-0.25, -0.2) is 8.42 Å². The van der Waals surface area contributed by atoms with Gasteiger partial charge in [-0.05, 0) is 36.2 Å². The van der Waals surface area contributed by atoms with Gasteiger partial charge in [0.1, 0.15) is 0 Å². The SMILES string of the molecule is CCc1ccc(S(=O)(=O)Nc2ccc(N3CCOCC3)nn2)cc1. The molecule has 3 rings (SSSR count). The van der Waals surface area contributed by atoms with Crippen molar-refractivity contribution in [3.05, 3.63) is 42.0 Å². The van der Waals surface area contributed by atoms with E-state index >= 15 is 0 Å². The van der Waals surface area contributed by atoms with Crippen LogP contribution in [0.4, 0.5) is 11.6 Å². The monoisotopic (exact) mass is 348 g/mol. The van der Waals surface area contributed by atoms with Crippen LogP contribution >= 0.6 is 0 Å². The fourth-order valence-corrected chi connectivity index (χ4v) is 3.44. The standard InChI is InChI=1S/C16H20N4O3S/c1-2-13-3-5-14(6-4-13)24(21,22)19-15-7-8-16(18-17-15)20-9-11-23-12-10-20/h3-8H,2,9-12H2,1H3,(H,17,19). The van der Waals surface area contributed by atoms with Crippen LogP contribution in [0.25, 0.3) is 0 Å². The minimum absolute atomic E-state index is 0.201. The summed E-state index contributed by atoms with van der Waals surface area (Å²) in [5, 5.41) is 8.08. The zero-order valence-corrected chi connectivity index (χ0v) is 14.3. The van der Waals surface area contributed by atoms with E-state index in [0.717, 1.165) is 25.1 Å². The zero-order chi connectivity index (χ0) is 17.0.